The quantitative estimate of drug-likeness (QED) is 0.660. The van der Waals surface area contributed by atoms with E-state index in [1.807, 2.05) is 6.92 Å². The molecule has 21 heavy (non-hydrogen) atoms. The van der Waals surface area contributed by atoms with Gasteiger partial charge in [0.2, 0.25) is 0 Å². The van der Waals surface area contributed by atoms with Gasteiger partial charge in [-0.3, -0.25) is 4.79 Å². The number of phenolic OH excluding ortho intramolecular Hbond substituents is 1. The minimum absolute atomic E-state index is 0.0509. The molecule has 1 amide bonds. The zero-order valence-corrected chi connectivity index (χ0v) is 12.2. The number of nitrogens with zero attached hydrogens (tertiary/aromatic N) is 2. The fraction of sp³-hybridized carbons (Fsp3) is 0.467. The van der Waals surface area contributed by atoms with E-state index in [-0.39, 0.29) is 17.6 Å². The number of carbonyl (C=O) groups is 1. The number of ether oxygens (including phenoxy) is 1. The van der Waals surface area contributed by atoms with Gasteiger partial charge < -0.3 is 20.0 Å². The molecule has 0 bridgehead atoms. The van der Waals surface area contributed by atoms with E-state index in [4.69, 9.17) is 9.94 Å². The Morgan fingerprint density at radius 1 is 1.52 bits per heavy atom. The smallest absolute Gasteiger partial charge is 0.254 e. The Kier molecular flexibility index (Phi) is 4.67. The summed E-state index contributed by atoms with van der Waals surface area (Å²) in [6, 6.07) is 4.62. The molecule has 1 aliphatic heterocycles. The van der Waals surface area contributed by atoms with E-state index in [1.165, 1.54) is 13.2 Å². The van der Waals surface area contributed by atoms with E-state index in [1.54, 1.807) is 17.0 Å². The Bertz CT molecular complexity index is 557. The highest BCUT2D eigenvalue weighted by Crippen LogP contribution is 2.27. The lowest BCUT2D eigenvalue weighted by molar-refractivity contribution is 0.0728. The molecule has 1 saturated heterocycles. The fourth-order valence-corrected chi connectivity index (χ4v) is 2.60. The number of carbonyl (C=O) groups excluding carboxylic acids is 1. The first-order chi connectivity index (χ1) is 10.1. The number of phenols is 1. The maximum atomic E-state index is 12.5. The summed E-state index contributed by atoms with van der Waals surface area (Å²) < 4.78 is 4.97. The number of rotatable bonds is 3. The lowest BCUT2D eigenvalue weighted by Gasteiger charge is -2.33. The molecule has 1 aromatic rings. The molecule has 1 atom stereocenters. The molecule has 0 aromatic heterocycles. The van der Waals surface area contributed by atoms with Gasteiger partial charge in [0.25, 0.3) is 5.91 Å². The van der Waals surface area contributed by atoms with Crippen LogP contribution in [0.1, 0.15) is 30.1 Å². The van der Waals surface area contributed by atoms with Crippen molar-refractivity contribution in [2.24, 2.45) is 11.1 Å². The lowest BCUT2D eigenvalue weighted by Crippen LogP contribution is -2.44. The Morgan fingerprint density at radius 3 is 2.86 bits per heavy atom. The molecule has 1 aliphatic rings. The van der Waals surface area contributed by atoms with Crippen LogP contribution >= 0.6 is 0 Å². The largest absolute Gasteiger partial charge is 0.504 e. The van der Waals surface area contributed by atoms with E-state index in [0.29, 0.717) is 30.8 Å². The molecule has 2 rings (SSSR count). The highest BCUT2D eigenvalue weighted by atomic mass is 16.5. The van der Waals surface area contributed by atoms with Gasteiger partial charge in [-0.2, -0.15) is 0 Å². The minimum Gasteiger partial charge on any atom is -0.504 e. The standard InChI is InChI=1S/C15H20N2O4/c1-3-10-9-17(7-6-12(10)16-20)15(19)11-4-5-14(21-2)13(18)8-11/h4-5,8,10,18,20H,3,6-7,9H2,1-2H3/b16-12+. The van der Waals surface area contributed by atoms with Gasteiger partial charge in [0.15, 0.2) is 11.5 Å². The van der Waals surface area contributed by atoms with Crippen LogP contribution < -0.4 is 4.74 Å². The van der Waals surface area contributed by atoms with Crippen LogP contribution in [0, 0.1) is 5.92 Å². The maximum absolute atomic E-state index is 12.5. The van der Waals surface area contributed by atoms with Crippen molar-refractivity contribution in [3.05, 3.63) is 23.8 Å². The van der Waals surface area contributed by atoms with Crippen LogP contribution in [0.3, 0.4) is 0 Å². The minimum atomic E-state index is -0.136. The third-order valence-electron chi connectivity index (χ3n) is 3.88. The van der Waals surface area contributed by atoms with Crippen molar-refractivity contribution in [2.45, 2.75) is 19.8 Å². The molecule has 1 heterocycles. The molecule has 1 fully saturated rings. The van der Waals surface area contributed by atoms with Gasteiger partial charge in [0.05, 0.1) is 12.8 Å². The highest BCUT2D eigenvalue weighted by Gasteiger charge is 2.28. The third-order valence-corrected chi connectivity index (χ3v) is 3.88. The Hall–Kier alpha value is -2.24. The Morgan fingerprint density at radius 2 is 2.29 bits per heavy atom. The van der Waals surface area contributed by atoms with Crippen molar-refractivity contribution in [3.63, 3.8) is 0 Å². The summed E-state index contributed by atoms with van der Waals surface area (Å²) >= 11 is 0. The van der Waals surface area contributed by atoms with Gasteiger partial charge in [-0.1, -0.05) is 12.1 Å². The van der Waals surface area contributed by atoms with Crippen LogP contribution in [0.5, 0.6) is 11.5 Å². The number of benzene rings is 1. The van der Waals surface area contributed by atoms with Crippen molar-refractivity contribution in [2.75, 3.05) is 20.2 Å². The van der Waals surface area contributed by atoms with Gasteiger partial charge in [0, 0.05) is 31.0 Å². The monoisotopic (exact) mass is 292 g/mol. The zero-order chi connectivity index (χ0) is 15.4. The number of amides is 1. The molecule has 1 unspecified atom stereocenters. The van der Waals surface area contributed by atoms with Gasteiger partial charge in [-0.05, 0) is 24.6 Å². The third kappa shape index (κ3) is 3.09. The van der Waals surface area contributed by atoms with E-state index < -0.39 is 0 Å². The molecule has 6 nitrogen and oxygen atoms in total. The highest BCUT2D eigenvalue weighted by molar-refractivity contribution is 5.97. The van der Waals surface area contributed by atoms with Crippen molar-refractivity contribution in [3.8, 4) is 11.5 Å². The second-order valence-electron chi connectivity index (χ2n) is 5.08. The molecule has 0 aliphatic carbocycles. The normalized spacial score (nSPS) is 20.6. The topological polar surface area (TPSA) is 82.4 Å². The van der Waals surface area contributed by atoms with Crippen LogP contribution in [0.2, 0.25) is 0 Å². The average Bonchev–Trinajstić information content (AvgIpc) is 2.53. The van der Waals surface area contributed by atoms with Gasteiger partial charge >= 0.3 is 0 Å². The molecule has 0 radical (unpaired) electrons. The number of hydrogen-bond donors (Lipinski definition) is 2. The molecule has 1 aromatic carbocycles. The summed E-state index contributed by atoms with van der Waals surface area (Å²) in [7, 11) is 1.46. The Balaban J connectivity index is 2.15. The summed E-state index contributed by atoms with van der Waals surface area (Å²) in [5.74, 6) is 0.235. The number of aromatic hydroxyl groups is 1. The van der Waals surface area contributed by atoms with E-state index in [9.17, 15) is 9.90 Å². The van der Waals surface area contributed by atoms with Crippen molar-refractivity contribution >= 4 is 11.6 Å². The summed E-state index contributed by atoms with van der Waals surface area (Å²) in [6.07, 6.45) is 1.39. The second-order valence-corrected chi connectivity index (χ2v) is 5.08. The van der Waals surface area contributed by atoms with E-state index in [2.05, 4.69) is 5.16 Å². The predicted octanol–water partition coefficient (Wildman–Crippen LogP) is 2.10. The van der Waals surface area contributed by atoms with E-state index >= 15 is 0 Å². The average molecular weight is 292 g/mol. The molecule has 6 heteroatoms. The van der Waals surface area contributed by atoms with Crippen molar-refractivity contribution in [1.29, 1.82) is 0 Å². The molecule has 2 N–H and O–H groups in total. The number of piperidine rings is 1. The SMILES string of the molecule is CCC1CN(C(=O)c2ccc(OC)c(O)c2)CC/C1=N\O. The molecule has 0 saturated carbocycles. The number of methoxy groups -OCH3 is 1. The van der Waals surface area contributed by atoms with Crippen LogP contribution in [0.15, 0.2) is 23.4 Å². The lowest BCUT2D eigenvalue weighted by atomic mass is 9.93. The van der Waals surface area contributed by atoms with Crippen LogP contribution in [-0.2, 0) is 0 Å². The first-order valence-electron chi connectivity index (χ1n) is 6.97. The number of hydrogen-bond acceptors (Lipinski definition) is 5. The zero-order valence-electron chi connectivity index (χ0n) is 12.2. The summed E-state index contributed by atoms with van der Waals surface area (Å²) in [5.41, 5.74) is 1.17. The van der Waals surface area contributed by atoms with Gasteiger partial charge in [-0.15, -0.1) is 0 Å². The van der Waals surface area contributed by atoms with Crippen LogP contribution in [0.25, 0.3) is 0 Å². The number of oxime groups is 1. The molecular weight excluding hydrogens is 272 g/mol. The number of likely N-dealkylation sites (tertiary alicyclic amines) is 1. The summed E-state index contributed by atoms with van der Waals surface area (Å²) in [4.78, 5) is 14.2. The first kappa shape index (κ1) is 15.2. The summed E-state index contributed by atoms with van der Waals surface area (Å²) in [6.45, 7) is 3.05. The Labute approximate surface area is 123 Å². The molecular formula is C15H20N2O4. The predicted molar refractivity (Wildman–Crippen MR) is 78.2 cm³/mol. The van der Waals surface area contributed by atoms with Gasteiger partial charge in [-0.25, -0.2) is 0 Å². The first-order valence-corrected chi connectivity index (χ1v) is 6.97. The van der Waals surface area contributed by atoms with Crippen molar-refractivity contribution < 1.29 is 19.8 Å². The maximum Gasteiger partial charge on any atom is 0.254 e. The summed E-state index contributed by atoms with van der Waals surface area (Å²) in [5, 5.41) is 22.1. The van der Waals surface area contributed by atoms with Gasteiger partial charge in [0.1, 0.15) is 0 Å². The van der Waals surface area contributed by atoms with E-state index in [0.717, 1.165) is 12.1 Å². The second kappa shape index (κ2) is 6.47. The van der Waals surface area contributed by atoms with Crippen LogP contribution in [-0.4, -0.2) is 47.0 Å². The fourth-order valence-electron chi connectivity index (χ4n) is 2.60. The molecule has 114 valence electrons. The van der Waals surface area contributed by atoms with Crippen molar-refractivity contribution in [1.82, 2.24) is 4.90 Å². The molecule has 0 spiro atoms. The van der Waals surface area contributed by atoms with Crippen LogP contribution in [0.4, 0.5) is 0 Å².